The first-order valence-corrected chi connectivity index (χ1v) is 12.4. The van der Waals surface area contributed by atoms with Crippen LogP contribution in [0.4, 0.5) is 5.69 Å². The summed E-state index contributed by atoms with van der Waals surface area (Å²) in [6.07, 6.45) is 15.1. The number of carboxylic acids is 1. The average Bonchev–Trinajstić information content (AvgIpc) is 2.86. The number of rotatable bonds is 14. The number of anilines is 1. The normalized spacial score (nSPS) is 13.3. The zero-order valence-corrected chi connectivity index (χ0v) is 22.6. The molecule has 7 heteroatoms. The molecule has 0 spiro atoms. The van der Waals surface area contributed by atoms with Crippen LogP contribution in [0.15, 0.2) is 71.9 Å². The summed E-state index contributed by atoms with van der Waals surface area (Å²) in [7, 11) is 0. The molecule has 1 aromatic rings. The van der Waals surface area contributed by atoms with Crippen molar-refractivity contribution in [2.75, 3.05) is 25.0 Å². The fourth-order valence-corrected chi connectivity index (χ4v) is 2.88. The number of terminal acetylenes is 1. The highest BCUT2D eigenvalue weighted by molar-refractivity contribution is 6.25. The van der Waals surface area contributed by atoms with Gasteiger partial charge in [0.05, 0.1) is 18.7 Å². The maximum atomic E-state index is 11.4. The smallest absolute Gasteiger partial charge is 0.311 e. The summed E-state index contributed by atoms with van der Waals surface area (Å²) >= 11 is 5.56. The number of carbonyl (C=O) groups is 1. The zero-order valence-electron chi connectivity index (χ0n) is 21.8. The Bertz CT molecular complexity index is 928. The van der Waals surface area contributed by atoms with Crippen molar-refractivity contribution in [1.29, 1.82) is 0 Å². The third-order valence-electron chi connectivity index (χ3n) is 4.98. The number of benzene rings is 1. The Balaban J connectivity index is 0.00000387. The quantitative estimate of drug-likeness (QED) is 0.0644. The van der Waals surface area contributed by atoms with E-state index in [0.29, 0.717) is 13.1 Å². The molecule has 0 aliphatic carbocycles. The Morgan fingerprint density at radius 3 is 2.58 bits per heavy atom. The molecule has 0 amide bonds. The first-order chi connectivity index (χ1) is 17.3. The van der Waals surface area contributed by atoms with E-state index in [4.69, 9.17) is 16.3 Å². The van der Waals surface area contributed by atoms with Crippen LogP contribution in [0.5, 0.6) is 0 Å². The number of ether oxygens (including phenoxy) is 1. The minimum atomic E-state index is -0.941. The molecule has 1 aromatic carbocycles. The Morgan fingerprint density at radius 1 is 1.36 bits per heavy atom. The maximum absolute atomic E-state index is 11.4. The lowest BCUT2D eigenvalue weighted by molar-refractivity contribution is -0.141. The molecule has 6 nitrogen and oxygen atoms in total. The van der Waals surface area contributed by atoms with Crippen LogP contribution in [0, 0.1) is 24.2 Å². The Kier molecular flexibility index (Phi) is 18.9. The van der Waals surface area contributed by atoms with Gasteiger partial charge in [-0.1, -0.05) is 62.2 Å². The van der Waals surface area contributed by atoms with Crippen LogP contribution < -0.4 is 10.6 Å². The molecule has 0 heterocycles. The van der Waals surface area contributed by atoms with Crippen molar-refractivity contribution >= 4 is 34.9 Å². The third kappa shape index (κ3) is 14.7. The summed E-state index contributed by atoms with van der Waals surface area (Å²) in [4.78, 5) is 15.7. The monoisotopic (exact) mass is 513 g/mol. The van der Waals surface area contributed by atoms with Gasteiger partial charge in [-0.3, -0.25) is 4.79 Å². The first-order valence-electron chi connectivity index (χ1n) is 11.9. The Hall–Kier alpha value is -3.43. The predicted molar refractivity (Wildman–Crippen MR) is 154 cm³/mol. The zero-order chi connectivity index (χ0) is 27.2. The van der Waals surface area contributed by atoms with E-state index >= 15 is 0 Å². The molecule has 2 unspecified atom stereocenters. The van der Waals surface area contributed by atoms with Gasteiger partial charge >= 0.3 is 5.97 Å². The van der Waals surface area contributed by atoms with Crippen LogP contribution in [-0.4, -0.2) is 36.7 Å². The van der Waals surface area contributed by atoms with E-state index in [0.717, 1.165) is 29.8 Å². The molecular weight excluding hydrogens is 474 g/mol. The summed E-state index contributed by atoms with van der Waals surface area (Å²) in [5, 5.41) is 15.9. The van der Waals surface area contributed by atoms with Crippen LogP contribution in [0.3, 0.4) is 0 Å². The molecular formula is C29H40ClN3O3. The number of halogens is 1. The van der Waals surface area contributed by atoms with Gasteiger partial charge in [0.15, 0.2) is 0 Å². The van der Waals surface area contributed by atoms with Gasteiger partial charge in [0, 0.05) is 24.3 Å². The fourth-order valence-electron chi connectivity index (χ4n) is 2.80. The van der Waals surface area contributed by atoms with E-state index in [1.165, 1.54) is 24.3 Å². The van der Waals surface area contributed by atoms with Crippen molar-refractivity contribution in [3.8, 4) is 12.3 Å². The average molecular weight is 514 g/mol. The lowest BCUT2D eigenvalue weighted by atomic mass is 9.94. The lowest BCUT2D eigenvalue weighted by Gasteiger charge is -2.12. The molecule has 36 heavy (non-hydrogen) atoms. The highest BCUT2D eigenvalue weighted by atomic mass is 35.5. The van der Waals surface area contributed by atoms with Crippen LogP contribution in [0.2, 0.25) is 0 Å². The van der Waals surface area contributed by atoms with Crippen molar-refractivity contribution in [3.63, 3.8) is 0 Å². The van der Waals surface area contributed by atoms with E-state index in [2.05, 4.69) is 65.7 Å². The number of nitrogens with one attached hydrogen (secondary N) is 2. The number of allylic oxidation sites excluding steroid dienone is 2. The van der Waals surface area contributed by atoms with Crippen LogP contribution in [0.1, 0.15) is 46.1 Å². The summed E-state index contributed by atoms with van der Waals surface area (Å²) in [5.41, 5.74) is 4.74. The van der Waals surface area contributed by atoms with E-state index in [1.807, 2.05) is 13.0 Å². The number of nitrogens with zero attached hydrogens (tertiary/aromatic N) is 1. The first kappa shape index (κ1) is 32.6. The number of unbranched alkanes of at least 4 members (excludes halogenated alkanes) is 1. The Morgan fingerprint density at radius 2 is 2.03 bits per heavy atom. The van der Waals surface area contributed by atoms with Gasteiger partial charge in [0.25, 0.3) is 6.02 Å². The minimum absolute atomic E-state index is 0.228. The van der Waals surface area contributed by atoms with E-state index in [1.54, 1.807) is 26.0 Å². The molecule has 0 aliphatic heterocycles. The lowest BCUT2D eigenvalue weighted by Crippen LogP contribution is -2.25. The molecule has 0 saturated carbocycles. The molecule has 0 fully saturated rings. The van der Waals surface area contributed by atoms with Gasteiger partial charge in [-0.05, 0) is 55.5 Å². The number of amidine groups is 1. The maximum Gasteiger partial charge on any atom is 0.311 e. The molecule has 0 saturated heterocycles. The second kappa shape index (κ2) is 20.9. The van der Waals surface area contributed by atoms with Crippen molar-refractivity contribution in [3.05, 3.63) is 72.5 Å². The van der Waals surface area contributed by atoms with Gasteiger partial charge in [-0.25, -0.2) is 4.99 Å². The molecule has 1 rings (SSSR count). The Labute approximate surface area is 221 Å². The largest absolute Gasteiger partial charge is 0.481 e. The standard InChI is InChI=1S/C26H36ClN3O3.C3H4/c1-5-7-16-28-23-11-9-22(10-12-23)21(4)13-18-30-26(29-17-8-15-27)33-19-14-24(25(31)32)20(3)6-2;1-3-2/h6,8-15,19-20,24,28H,2,5,7,16-18H2,1,3-4H3,(H,29,30)(H,31,32);1H,2H3/b15-8+,19-14+,21-13+;. The van der Waals surface area contributed by atoms with Gasteiger partial charge in [0.2, 0.25) is 0 Å². The molecule has 3 N–H and O–H groups in total. The van der Waals surface area contributed by atoms with E-state index in [9.17, 15) is 9.90 Å². The second-order valence-electron chi connectivity index (χ2n) is 7.83. The number of carboxylic acid groups (broad SMARTS) is 1. The molecule has 0 bridgehead atoms. The number of hydrogen-bond donors (Lipinski definition) is 3. The summed E-state index contributed by atoms with van der Waals surface area (Å²) in [5.74, 6) is 0.352. The molecule has 0 radical (unpaired) electrons. The van der Waals surface area contributed by atoms with Crippen LogP contribution in [0.25, 0.3) is 5.57 Å². The van der Waals surface area contributed by atoms with Crippen LogP contribution >= 0.6 is 11.6 Å². The number of hydrogen-bond acceptors (Lipinski definition) is 4. The molecule has 196 valence electrons. The number of aliphatic carboxylic acids is 1. The summed E-state index contributed by atoms with van der Waals surface area (Å²) in [6.45, 7) is 13.1. The highest BCUT2D eigenvalue weighted by Gasteiger charge is 2.19. The molecule has 0 aliphatic rings. The highest BCUT2D eigenvalue weighted by Crippen LogP contribution is 2.17. The third-order valence-corrected chi connectivity index (χ3v) is 5.16. The van der Waals surface area contributed by atoms with E-state index < -0.39 is 11.9 Å². The van der Waals surface area contributed by atoms with Crippen molar-refractivity contribution in [2.24, 2.45) is 16.8 Å². The number of aliphatic imine (C=N–C) groups is 1. The van der Waals surface area contributed by atoms with Gasteiger partial charge in [-0.15, -0.1) is 18.9 Å². The predicted octanol–water partition coefficient (Wildman–Crippen LogP) is 6.69. The van der Waals surface area contributed by atoms with E-state index in [-0.39, 0.29) is 11.9 Å². The SMILES string of the molecule is C#CC.C=CC(C)C(/C=C/OC(=NC/C=C/Cl)NC/C=C(\C)c1ccc(NCCCC)cc1)C(=O)O. The molecule has 2 atom stereocenters. The topological polar surface area (TPSA) is 83.0 Å². The molecule has 0 aromatic heterocycles. The van der Waals surface area contributed by atoms with Crippen molar-refractivity contribution < 1.29 is 14.6 Å². The minimum Gasteiger partial charge on any atom is -0.481 e. The fraction of sp³-hybridized carbons (Fsp3) is 0.379. The second-order valence-corrected chi connectivity index (χ2v) is 8.08. The van der Waals surface area contributed by atoms with Gasteiger partial charge in [0.1, 0.15) is 0 Å². The summed E-state index contributed by atoms with van der Waals surface area (Å²) < 4.78 is 5.56. The van der Waals surface area contributed by atoms with Crippen molar-refractivity contribution in [1.82, 2.24) is 5.32 Å². The van der Waals surface area contributed by atoms with Crippen molar-refractivity contribution in [2.45, 2.75) is 40.5 Å². The van der Waals surface area contributed by atoms with Gasteiger partial charge < -0.3 is 20.5 Å². The van der Waals surface area contributed by atoms with Crippen LogP contribution in [-0.2, 0) is 9.53 Å². The summed E-state index contributed by atoms with van der Waals surface area (Å²) in [6, 6.07) is 8.62. The van der Waals surface area contributed by atoms with Gasteiger partial charge in [-0.2, -0.15) is 0 Å².